The number of nitrogens with zero attached hydrogens (tertiary/aromatic N) is 5. The molecular weight excluding hydrogens is 497 g/mol. The maximum atomic E-state index is 15.5. The van der Waals surface area contributed by atoms with Crippen molar-refractivity contribution in [3.63, 3.8) is 0 Å². The van der Waals surface area contributed by atoms with Crippen molar-refractivity contribution in [2.75, 3.05) is 5.32 Å². The molecule has 0 fully saturated rings. The number of aromatic amines is 2. The summed E-state index contributed by atoms with van der Waals surface area (Å²) in [5.41, 5.74) is 2.20. The molecule has 174 valence electrons. The number of hydrogen-bond acceptors (Lipinski definition) is 6. The second-order valence-corrected chi connectivity index (χ2v) is 8.72. The number of nitrogens with one attached hydrogen (secondary N) is 3. The molecule has 0 saturated heterocycles. The van der Waals surface area contributed by atoms with E-state index in [-0.39, 0.29) is 16.7 Å². The van der Waals surface area contributed by atoms with Gasteiger partial charge in [-0.3, -0.25) is 4.98 Å². The average Bonchev–Trinajstić information content (AvgIpc) is 3.47. The first kappa shape index (κ1) is 21.6. The number of imidazole rings is 1. The minimum Gasteiger partial charge on any atom is -0.364 e. The molecular formula is C23H14Cl2F2N8. The molecule has 5 heterocycles. The zero-order chi connectivity index (χ0) is 24.2. The molecule has 0 aliphatic rings. The van der Waals surface area contributed by atoms with Crippen LogP contribution >= 0.6 is 23.2 Å². The topological polar surface area (TPSA) is 108 Å². The quantitative estimate of drug-likeness (QED) is 0.269. The Morgan fingerprint density at radius 1 is 1.00 bits per heavy atom. The highest BCUT2D eigenvalue weighted by atomic mass is 35.5. The van der Waals surface area contributed by atoms with E-state index in [4.69, 9.17) is 23.2 Å². The highest BCUT2D eigenvalue weighted by molar-refractivity contribution is 6.35. The van der Waals surface area contributed by atoms with E-state index in [9.17, 15) is 0 Å². The van der Waals surface area contributed by atoms with Gasteiger partial charge in [-0.15, -0.1) is 0 Å². The molecule has 35 heavy (non-hydrogen) atoms. The molecule has 0 radical (unpaired) electrons. The number of halogens is 4. The molecule has 0 aliphatic heterocycles. The first-order valence-corrected chi connectivity index (χ1v) is 11.1. The number of anilines is 1. The SMILES string of the molecule is FC(F)(c1ccc2ncc(Cl)cc2c1)c1nc2ncnc(NCc3cnc4[nH]cc(Cl)c4c3)c2[nH]1. The van der Waals surface area contributed by atoms with Crippen LogP contribution in [0.25, 0.3) is 33.1 Å². The van der Waals surface area contributed by atoms with Gasteiger partial charge in [0.25, 0.3) is 0 Å². The molecule has 3 N–H and O–H groups in total. The van der Waals surface area contributed by atoms with Gasteiger partial charge >= 0.3 is 5.92 Å². The fraction of sp³-hybridized carbons (Fsp3) is 0.0870. The predicted molar refractivity (Wildman–Crippen MR) is 130 cm³/mol. The van der Waals surface area contributed by atoms with Crippen molar-refractivity contribution in [2.24, 2.45) is 0 Å². The average molecular weight is 511 g/mol. The van der Waals surface area contributed by atoms with Gasteiger partial charge in [-0.05, 0) is 29.8 Å². The van der Waals surface area contributed by atoms with Gasteiger partial charge in [-0.2, -0.15) is 8.78 Å². The standard InChI is InChI=1S/C23H14Cl2F2N8/c24-14-5-12-4-13(1-2-17(12)28-8-14)23(26,27)22-34-18-20(32-10-33-21(18)35-22)30-7-11-3-15-16(25)9-31-19(15)29-6-11/h1-6,8-10H,7H2,(H,29,31)(H2,30,32,33,34,35). The summed E-state index contributed by atoms with van der Waals surface area (Å²) in [6.07, 6.45) is 6.09. The Hall–Kier alpha value is -3.89. The molecule has 12 heteroatoms. The lowest BCUT2D eigenvalue weighted by atomic mass is 10.0. The van der Waals surface area contributed by atoms with Crippen molar-refractivity contribution in [1.82, 2.24) is 34.9 Å². The summed E-state index contributed by atoms with van der Waals surface area (Å²) in [6.45, 7) is 0.333. The van der Waals surface area contributed by atoms with Crippen LogP contribution < -0.4 is 5.32 Å². The van der Waals surface area contributed by atoms with Crippen LogP contribution in [-0.2, 0) is 12.5 Å². The number of hydrogen-bond donors (Lipinski definition) is 3. The van der Waals surface area contributed by atoms with Gasteiger partial charge in [0.15, 0.2) is 17.3 Å². The molecule has 0 unspecified atom stereocenters. The minimum atomic E-state index is -3.42. The maximum Gasteiger partial charge on any atom is 0.329 e. The van der Waals surface area contributed by atoms with Gasteiger partial charge in [0.05, 0.1) is 15.6 Å². The third kappa shape index (κ3) is 3.80. The van der Waals surface area contributed by atoms with Gasteiger partial charge in [0.2, 0.25) is 0 Å². The molecule has 0 aliphatic carbocycles. The number of benzene rings is 1. The highest BCUT2D eigenvalue weighted by Gasteiger charge is 2.38. The summed E-state index contributed by atoms with van der Waals surface area (Å²) >= 11 is 12.1. The van der Waals surface area contributed by atoms with Crippen molar-refractivity contribution in [2.45, 2.75) is 12.5 Å². The van der Waals surface area contributed by atoms with Crippen LogP contribution in [0, 0.1) is 0 Å². The van der Waals surface area contributed by atoms with E-state index in [1.54, 1.807) is 18.5 Å². The van der Waals surface area contributed by atoms with Crippen LogP contribution in [0.1, 0.15) is 17.0 Å². The number of fused-ring (bicyclic) bond motifs is 3. The molecule has 0 bridgehead atoms. The lowest BCUT2D eigenvalue weighted by Gasteiger charge is -2.14. The summed E-state index contributed by atoms with van der Waals surface area (Å²) in [5.74, 6) is -3.64. The lowest BCUT2D eigenvalue weighted by molar-refractivity contribution is 0.0342. The Balaban J connectivity index is 1.32. The van der Waals surface area contributed by atoms with Crippen LogP contribution in [0.5, 0.6) is 0 Å². The second kappa shape index (κ2) is 8.10. The first-order chi connectivity index (χ1) is 16.9. The van der Waals surface area contributed by atoms with Gasteiger partial charge < -0.3 is 15.3 Å². The normalized spacial score (nSPS) is 12.1. The van der Waals surface area contributed by atoms with Gasteiger partial charge in [-0.25, -0.2) is 19.9 Å². The van der Waals surface area contributed by atoms with Crippen molar-refractivity contribution in [3.05, 3.63) is 82.2 Å². The minimum absolute atomic E-state index is 0.116. The molecule has 6 aromatic rings. The Kier molecular flexibility index (Phi) is 5.01. The Morgan fingerprint density at radius 2 is 1.89 bits per heavy atom. The molecule has 0 spiro atoms. The third-order valence-corrected chi connectivity index (χ3v) is 6.11. The largest absolute Gasteiger partial charge is 0.364 e. The first-order valence-electron chi connectivity index (χ1n) is 10.4. The number of aromatic nitrogens is 7. The molecule has 5 aromatic heterocycles. The monoisotopic (exact) mass is 510 g/mol. The van der Waals surface area contributed by atoms with Crippen LogP contribution in [0.15, 0.2) is 55.2 Å². The molecule has 0 amide bonds. The van der Waals surface area contributed by atoms with Gasteiger partial charge in [0, 0.05) is 41.5 Å². The van der Waals surface area contributed by atoms with Crippen LogP contribution in [0.3, 0.4) is 0 Å². The second-order valence-electron chi connectivity index (χ2n) is 7.87. The summed E-state index contributed by atoms with van der Waals surface area (Å²) in [6, 6.07) is 7.66. The Bertz CT molecular complexity index is 1730. The number of rotatable bonds is 5. The number of pyridine rings is 2. The summed E-state index contributed by atoms with van der Waals surface area (Å²) in [5, 5.41) is 5.34. The van der Waals surface area contributed by atoms with E-state index in [0.29, 0.717) is 39.0 Å². The number of H-pyrrole nitrogens is 2. The Morgan fingerprint density at radius 3 is 2.77 bits per heavy atom. The molecule has 6 rings (SSSR count). The summed E-state index contributed by atoms with van der Waals surface area (Å²) in [7, 11) is 0. The number of alkyl halides is 2. The van der Waals surface area contributed by atoms with E-state index in [0.717, 1.165) is 10.9 Å². The summed E-state index contributed by atoms with van der Waals surface area (Å²) < 4.78 is 30.9. The predicted octanol–water partition coefficient (Wildman–Crippen LogP) is 5.84. The zero-order valence-electron chi connectivity index (χ0n) is 17.7. The fourth-order valence-electron chi connectivity index (χ4n) is 3.84. The molecule has 1 aromatic carbocycles. The van der Waals surface area contributed by atoms with E-state index in [2.05, 4.69) is 40.2 Å². The maximum absolute atomic E-state index is 15.5. The van der Waals surface area contributed by atoms with E-state index >= 15 is 8.78 Å². The van der Waals surface area contributed by atoms with E-state index in [1.165, 1.54) is 30.7 Å². The van der Waals surface area contributed by atoms with Crippen LogP contribution in [-0.4, -0.2) is 34.9 Å². The van der Waals surface area contributed by atoms with Crippen molar-refractivity contribution >= 4 is 62.1 Å². The van der Waals surface area contributed by atoms with E-state index < -0.39 is 11.7 Å². The van der Waals surface area contributed by atoms with Crippen molar-refractivity contribution < 1.29 is 8.78 Å². The highest BCUT2D eigenvalue weighted by Crippen LogP contribution is 2.36. The third-order valence-electron chi connectivity index (χ3n) is 5.59. The summed E-state index contributed by atoms with van der Waals surface area (Å²) in [4.78, 5) is 26.4. The van der Waals surface area contributed by atoms with Crippen LogP contribution in [0.2, 0.25) is 10.0 Å². The fourth-order valence-corrected chi connectivity index (χ4v) is 4.21. The van der Waals surface area contributed by atoms with E-state index in [1.807, 2.05) is 6.07 Å². The smallest absolute Gasteiger partial charge is 0.329 e. The lowest BCUT2D eigenvalue weighted by Crippen LogP contribution is -2.17. The van der Waals surface area contributed by atoms with Gasteiger partial charge in [0.1, 0.15) is 17.5 Å². The van der Waals surface area contributed by atoms with Crippen LogP contribution in [0.4, 0.5) is 14.6 Å². The van der Waals surface area contributed by atoms with Crippen molar-refractivity contribution in [3.8, 4) is 0 Å². The van der Waals surface area contributed by atoms with Crippen molar-refractivity contribution in [1.29, 1.82) is 0 Å². The zero-order valence-corrected chi connectivity index (χ0v) is 19.2. The van der Waals surface area contributed by atoms with Gasteiger partial charge in [-0.1, -0.05) is 29.3 Å². The molecule has 8 nitrogen and oxygen atoms in total. The Labute approximate surface area is 205 Å². The molecule has 0 saturated carbocycles. The molecule has 0 atom stereocenters.